The average molecular weight is 385 g/mol. The fourth-order valence-electron chi connectivity index (χ4n) is 4.05. The summed E-state index contributed by atoms with van der Waals surface area (Å²) in [5.41, 5.74) is 1.48. The van der Waals surface area contributed by atoms with Crippen molar-refractivity contribution in [2.45, 2.75) is 61.9 Å². The predicted molar refractivity (Wildman–Crippen MR) is 108 cm³/mol. The number of carbonyl (C=O) groups is 1. The summed E-state index contributed by atoms with van der Waals surface area (Å²) in [5, 5.41) is 11.1. The number of benzene rings is 1. The van der Waals surface area contributed by atoms with E-state index in [1.165, 1.54) is 49.4 Å². The molecule has 1 aromatic carbocycles. The highest BCUT2D eigenvalue weighted by molar-refractivity contribution is 7.99. The second-order valence-electron chi connectivity index (χ2n) is 7.97. The smallest absolute Gasteiger partial charge is 0.230 e. The molecule has 2 aliphatic rings. The van der Waals surface area contributed by atoms with Crippen LogP contribution in [-0.4, -0.2) is 33.4 Å². The maximum absolute atomic E-state index is 12.2. The van der Waals surface area contributed by atoms with Gasteiger partial charge in [-0.25, -0.2) is 4.98 Å². The Morgan fingerprint density at radius 3 is 2.74 bits per heavy atom. The quantitative estimate of drug-likeness (QED) is 0.644. The lowest BCUT2D eigenvalue weighted by Crippen LogP contribution is -2.33. The summed E-state index contributed by atoms with van der Waals surface area (Å²) in [6.07, 6.45) is 9.93. The molecule has 1 amide bonds. The van der Waals surface area contributed by atoms with Crippen molar-refractivity contribution < 1.29 is 4.79 Å². The second kappa shape index (κ2) is 8.46. The molecule has 2 saturated carbocycles. The molecule has 27 heavy (non-hydrogen) atoms. The van der Waals surface area contributed by atoms with Gasteiger partial charge in [-0.05, 0) is 30.7 Å². The van der Waals surface area contributed by atoms with E-state index < -0.39 is 0 Å². The molecular formula is C21H28N4OS. The minimum Gasteiger partial charge on any atom is -0.354 e. The Kier molecular flexibility index (Phi) is 5.81. The van der Waals surface area contributed by atoms with Gasteiger partial charge in [-0.3, -0.25) is 9.89 Å². The van der Waals surface area contributed by atoms with Crippen LogP contribution < -0.4 is 5.32 Å². The van der Waals surface area contributed by atoms with E-state index in [9.17, 15) is 4.79 Å². The number of aromatic nitrogens is 3. The Morgan fingerprint density at radius 1 is 1.22 bits per heavy atom. The molecule has 0 bridgehead atoms. The minimum atomic E-state index is 0.0551. The topological polar surface area (TPSA) is 70.7 Å². The third kappa shape index (κ3) is 4.92. The highest BCUT2D eigenvalue weighted by atomic mass is 32.2. The molecule has 1 heterocycles. The van der Waals surface area contributed by atoms with E-state index in [-0.39, 0.29) is 11.3 Å². The van der Waals surface area contributed by atoms with Crippen LogP contribution in [-0.2, 0) is 16.6 Å². The van der Waals surface area contributed by atoms with Crippen molar-refractivity contribution in [2.24, 2.45) is 5.92 Å². The molecule has 6 heteroatoms. The van der Waals surface area contributed by atoms with Gasteiger partial charge in [0.2, 0.25) is 11.1 Å². The molecule has 2 aromatic rings. The first-order chi connectivity index (χ1) is 13.2. The number of hydrogen-bond donors (Lipinski definition) is 2. The zero-order valence-electron chi connectivity index (χ0n) is 15.7. The van der Waals surface area contributed by atoms with Crippen LogP contribution in [0.15, 0.2) is 35.5 Å². The third-order valence-electron chi connectivity index (χ3n) is 5.97. The summed E-state index contributed by atoms with van der Waals surface area (Å²) >= 11 is 1.41. The van der Waals surface area contributed by atoms with Gasteiger partial charge in [0.1, 0.15) is 5.82 Å². The molecule has 0 radical (unpaired) electrons. The molecule has 2 fully saturated rings. The SMILES string of the molecule is O=C(CSc1n[nH]c(CCC2CCCC2)n1)NCC1(c2ccccc2)CC1. The normalized spacial score (nSPS) is 18.5. The standard InChI is InChI=1S/C21H28N4OS/c26-19(22-15-21(12-13-21)17-8-2-1-3-9-17)14-27-20-23-18(24-25-20)11-10-16-6-4-5-7-16/h1-3,8-9,16H,4-7,10-15H2,(H,22,26)(H,23,24,25). The number of carbonyl (C=O) groups excluding carboxylic acids is 1. The van der Waals surface area contributed by atoms with Crippen molar-refractivity contribution in [1.29, 1.82) is 0 Å². The molecule has 2 aliphatic carbocycles. The number of thioether (sulfide) groups is 1. The second-order valence-corrected chi connectivity index (χ2v) is 8.91. The minimum absolute atomic E-state index is 0.0551. The van der Waals surface area contributed by atoms with Gasteiger partial charge in [0, 0.05) is 18.4 Å². The van der Waals surface area contributed by atoms with Crippen LogP contribution in [0.4, 0.5) is 0 Å². The van der Waals surface area contributed by atoms with Crippen molar-refractivity contribution in [3.8, 4) is 0 Å². The van der Waals surface area contributed by atoms with E-state index in [0.29, 0.717) is 10.9 Å². The zero-order chi connectivity index (χ0) is 18.5. The third-order valence-corrected chi connectivity index (χ3v) is 6.82. The number of aromatic amines is 1. The molecule has 144 valence electrons. The van der Waals surface area contributed by atoms with E-state index in [4.69, 9.17) is 0 Å². The Balaban J connectivity index is 1.18. The first-order valence-corrected chi connectivity index (χ1v) is 11.1. The summed E-state index contributed by atoms with van der Waals surface area (Å²) in [6.45, 7) is 0.719. The van der Waals surface area contributed by atoms with Crippen LogP contribution in [0.3, 0.4) is 0 Å². The fraction of sp³-hybridized carbons (Fsp3) is 0.571. The van der Waals surface area contributed by atoms with Gasteiger partial charge in [-0.2, -0.15) is 0 Å². The van der Waals surface area contributed by atoms with Gasteiger partial charge in [-0.15, -0.1) is 5.10 Å². The lowest BCUT2D eigenvalue weighted by molar-refractivity contribution is -0.118. The maximum Gasteiger partial charge on any atom is 0.230 e. The van der Waals surface area contributed by atoms with Gasteiger partial charge < -0.3 is 5.32 Å². The van der Waals surface area contributed by atoms with Gasteiger partial charge in [0.25, 0.3) is 0 Å². The Labute approximate surface area is 165 Å². The Morgan fingerprint density at radius 2 is 2.00 bits per heavy atom. The monoisotopic (exact) mass is 384 g/mol. The van der Waals surface area contributed by atoms with Crippen LogP contribution in [0.5, 0.6) is 0 Å². The zero-order valence-corrected chi connectivity index (χ0v) is 16.6. The van der Waals surface area contributed by atoms with Gasteiger partial charge in [0.05, 0.1) is 5.75 Å². The van der Waals surface area contributed by atoms with Crippen LogP contribution in [0.1, 0.15) is 56.3 Å². The van der Waals surface area contributed by atoms with Crippen molar-refractivity contribution in [3.05, 3.63) is 41.7 Å². The Bertz CT molecular complexity index is 751. The number of nitrogens with one attached hydrogen (secondary N) is 2. The molecule has 0 aliphatic heterocycles. The predicted octanol–water partition coefficient (Wildman–Crippen LogP) is 3.87. The Hall–Kier alpha value is -1.82. The van der Waals surface area contributed by atoms with Crippen LogP contribution in [0, 0.1) is 5.92 Å². The molecule has 2 N–H and O–H groups in total. The van der Waals surface area contributed by atoms with E-state index in [0.717, 1.165) is 37.5 Å². The molecular weight excluding hydrogens is 356 g/mol. The lowest BCUT2D eigenvalue weighted by atomic mass is 9.96. The summed E-state index contributed by atoms with van der Waals surface area (Å²) in [5.74, 6) is 2.23. The summed E-state index contributed by atoms with van der Waals surface area (Å²) in [6, 6.07) is 10.5. The molecule has 0 spiro atoms. The number of nitrogens with zero attached hydrogens (tertiary/aromatic N) is 2. The number of amides is 1. The van der Waals surface area contributed by atoms with E-state index in [2.05, 4.69) is 44.8 Å². The van der Waals surface area contributed by atoms with Crippen molar-refractivity contribution in [1.82, 2.24) is 20.5 Å². The number of hydrogen-bond acceptors (Lipinski definition) is 4. The van der Waals surface area contributed by atoms with Crippen LogP contribution in [0.25, 0.3) is 0 Å². The molecule has 4 rings (SSSR count). The highest BCUT2D eigenvalue weighted by Crippen LogP contribution is 2.47. The van der Waals surface area contributed by atoms with Crippen molar-refractivity contribution in [2.75, 3.05) is 12.3 Å². The summed E-state index contributed by atoms with van der Waals surface area (Å²) in [4.78, 5) is 16.8. The van der Waals surface area contributed by atoms with Crippen molar-refractivity contribution in [3.63, 3.8) is 0 Å². The maximum atomic E-state index is 12.2. The number of rotatable bonds is 9. The van der Waals surface area contributed by atoms with Gasteiger partial charge in [0.15, 0.2) is 0 Å². The summed E-state index contributed by atoms with van der Waals surface area (Å²) in [7, 11) is 0. The number of H-pyrrole nitrogens is 1. The molecule has 0 atom stereocenters. The van der Waals surface area contributed by atoms with Gasteiger partial charge in [-0.1, -0.05) is 67.8 Å². The van der Waals surface area contributed by atoms with E-state index in [1.54, 1.807) is 0 Å². The molecule has 1 aromatic heterocycles. The summed E-state index contributed by atoms with van der Waals surface area (Å²) < 4.78 is 0. The molecule has 5 nitrogen and oxygen atoms in total. The first-order valence-electron chi connectivity index (χ1n) is 10.1. The van der Waals surface area contributed by atoms with Gasteiger partial charge >= 0.3 is 0 Å². The van der Waals surface area contributed by atoms with E-state index in [1.807, 2.05) is 6.07 Å². The average Bonchev–Trinajstić information content (AvgIpc) is 3.09. The van der Waals surface area contributed by atoms with Crippen LogP contribution >= 0.6 is 11.8 Å². The number of aryl methyl sites for hydroxylation is 1. The molecule has 0 unspecified atom stereocenters. The molecule has 0 saturated heterocycles. The highest BCUT2D eigenvalue weighted by Gasteiger charge is 2.44. The lowest BCUT2D eigenvalue weighted by Gasteiger charge is -2.16. The fourth-order valence-corrected chi connectivity index (χ4v) is 4.70. The largest absolute Gasteiger partial charge is 0.354 e. The van der Waals surface area contributed by atoms with Crippen molar-refractivity contribution >= 4 is 17.7 Å². The van der Waals surface area contributed by atoms with Crippen LogP contribution in [0.2, 0.25) is 0 Å². The van der Waals surface area contributed by atoms with E-state index >= 15 is 0 Å². The first kappa shape index (κ1) is 18.5.